The first kappa shape index (κ1) is 26.9. The van der Waals surface area contributed by atoms with Crippen molar-refractivity contribution in [2.75, 3.05) is 13.2 Å². The Kier molecular flexibility index (Phi) is 10.3. The molecule has 3 fully saturated rings. The monoisotopic (exact) mass is 480 g/mol. The van der Waals surface area contributed by atoms with Gasteiger partial charge in [0.25, 0.3) is 0 Å². The third kappa shape index (κ3) is 7.93. The average Bonchev–Trinajstić information content (AvgIpc) is 3.63. The van der Waals surface area contributed by atoms with E-state index in [1.54, 1.807) is 0 Å². The predicted octanol–water partition coefficient (Wildman–Crippen LogP) is 6.98. The molecule has 0 spiro atoms. The van der Waals surface area contributed by atoms with Gasteiger partial charge in [-0.15, -0.1) is 0 Å². The molecule has 190 valence electrons. The van der Waals surface area contributed by atoms with Crippen molar-refractivity contribution in [1.82, 2.24) is 0 Å². The Labute approximate surface area is 210 Å². The van der Waals surface area contributed by atoms with E-state index in [0.29, 0.717) is 0 Å². The van der Waals surface area contributed by atoms with E-state index in [1.165, 1.54) is 12.8 Å². The van der Waals surface area contributed by atoms with Gasteiger partial charge in [-0.1, -0.05) is 87.4 Å². The Hall–Kier alpha value is -2.66. The fourth-order valence-corrected chi connectivity index (χ4v) is 4.53. The molecule has 3 aliphatic heterocycles. The number of benzene rings is 2. The number of unbranched alkanes of at least 4 members (excludes halogenated alkanes) is 1. The van der Waals surface area contributed by atoms with Gasteiger partial charge in [0.1, 0.15) is 12.2 Å². The molecule has 3 saturated heterocycles. The van der Waals surface area contributed by atoms with Crippen LogP contribution in [0.4, 0.5) is 0 Å². The maximum Gasteiger partial charge on any atom is 0.312 e. The third-order valence-corrected chi connectivity index (χ3v) is 6.86. The topological polar surface area (TPSA) is 61.8 Å². The fraction of sp³-hybridized carbons (Fsp3) is 0.533. The molecule has 0 aliphatic carbocycles. The molecule has 0 N–H and O–H groups in total. The van der Waals surface area contributed by atoms with E-state index in [9.17, 15) is 9.59 Å². The summed E-state index contributed by atoms with van der Waals surface area (Å²) in [5.74, 6) is -0.0566. The zero-order valence-corrected chi connectivity index (χ0v) is 21.4. The lowest BCUT2D eigenvalue weighted by Crippen LogP contribution is -2.21. The molecule has 3 aliphatic rings. The molecule has 3 heterocycles. The Morgan fingerprint density at radius 3 is 1.89 bits per heavy atom. The third-order valence-electron chi connectivity index (χ3n) is 6.86. The normalized spacial score (nSPS) is 27.2. The van der Waals surface area contributed by atoms with Crippen LogP contribution in [0.1, 0.15) is 89.1 Å². The number of ether oxygens (including phenoxy) is 3. The van der Waals surface area contributed by atoms with Crippen LogP contribution in [-0.4, -0.2) is 25.2 Å². The Morgan fingerprint density at radius 1 is 0.857 bits per heavy atom. The number of hydrogen-bond acceptors (Lipinski definition) is 5. The molecule has 5 nitrogen and oxygen atoms in total. The van der Waals surface area contributed by atoms with Gasteiger partial charge in [-0.2, -0.15) is 0 Å². The zero-order valence-electron chi connectivity index (χ0n) is 21.4. The van der Waals surface area contributed by atoms with Crippen molar-refractivity contribution in [3.8, 4) is 0 Å². The minimum Gasteiger partial charge on any atom is -0.457 e. The molecule has 0 aromatic heterocycles. The average molecular weight is 481 g/mol. The lowest BCUT2D eigenvalue weighted by Gasteiger charge is -2.17. The Morgan fingerprint density at radius 2 is 1.43 bits per heavy atom. The minimum atomic E-state index is -0.281. The van der Waals surface area contributed by atoms with E-state index in [0.717, 1.165) is 56.4 Å². The summed E-state index contributed by atoms with van der Waals surface area (Å²) in [5, 5.41) is 0. The fourth-order valence-electron chi connectivity index (χ4n) is 4.53. The SMILES string of the molecule is C1CCOC1.CCCC[C@@]1(C)C[C@H](c2ccccc2)OC1=O.C[C@H]1C[C@H](c2ccccc2)OC1=O. The molecule has 35 heavy (non-hydrogen) atoms. The first-order valence-electron chi connectivity index (χ1n) is 13.0. The van der Waals surface area contributed by atoms with Crippen LogP contribution in [0.2, 0.25) is 0 Å². The molecule has 4 atom stereocenters. The van der Waals surface area contributed by atoms with Crippen LogP contribution < -0.4 is 0 Å². The van der Waals surface area contributed by atoms with E-state index >= 15 is 0 Å². The van der Waals surface area contributed by atoms with Crippen LogP contribution in [-0.2, 0) is 23.8 Å². The summed E-state index contributed by atoms with van der Waals surface area (Å²) in [6.07, 6.45) is 7.25. The second-order valence-electron chi connectivity index (χ2n) is 9.97. The summed E-state index contributed by atoms with van der Waals surface area (Å²) < 4.78 is 15.7. The predicted molar refractivity (Wildman–Crippen MR) is 137 cm³/mol. The summed E-state index contributed by atoms with van der Waals surface area (Å²) in [4.78, 5) is 23.1. The molecule has 0 radical (unpaired) electrons. The van der Waals surface area contributed by atoms with Crippen LogP contribution >= 0.6 is 0 Å². The molecule has 0 amide bonds. The molecule has 0 saturated carbocycles. The van der Waals surface area contributed by atoms with Crippen LogP contribution in [0, 0.1) is 11.3 Å². The van der Waals surface area contributed by atoms with E-state index in [1.807, 2.05) is 74.5 Å². The second-order valence-corrected chi connectivity index (χ2v) is 9.97. The van der Waals surface area contributed by atoms with Crippen molar-refractivity contribution < 1.29 is 23.8 Å². The maximum atomic E-state index is 12.0. The number of carbonyl (C=O) groups excluding carboxylic acids is 2. The maximum absolute atomic E-state index is 12.0. The van der Waals surface area contributed by atoms with Crippen molar-refractivity contribution in [3.63, 3.8) is 0 Å². The molecular weight excluding hydrogens is 440 g/mol. The van der Waals surface area contributed by atoms with Gasteiger partial charge in [0.05, 0.1) is 11.3 Å². The van der Waals surface area contributed by atoms with Crippen LogP contribution in [0.25, 0.3) is 0 Å². The number of carbonyl (C=O) groups is 2. The number of hydrogen-bond donors (Lipinski definition) is 0. The first-order chi connectivity index (χ1) is 16.9. The molecule has 2 aromatic rings. The highest BCUT2D eigenvalue weighted by molar-refractivity contribution is 5.78. The van der Waals surface area contributed by atoms with Crippen LogP contribution in [0.3, 0.4) is 0 Å². The molecule has 2 aromatic carbocycles. The van der Waals surface area contributed by atoms with Gasteiger partial charge in [-0.3, -0.25) is 9.59 Å². The summed E-state index contributed by atoms with van der Waals surface area (Å²) in [7, 11) is 0. The van der Waals surface area contributed by atoms with E-state index < -0.39 is 0 Å². The molecule has 0 unspecified atom stereocenters. The summed E-state index contributed by atoms with van der Waals surface area (Å²) in [6.45, 7) is 8.09. The van der Waals surface area contributed by atoms with Gasteiger partial charge in [0.15, 0.2) is 0 Å². The summed E-state index contributed by atoms with van der Waals surface area (Å²) in [5.41, 5.74) is 1.93. The van der Waals surface area contributed by atoms with E-state index in [2.05, 4.69) is 6.92 Å². The van der Waals surface area contributed by atoms with Crippen molar-refractivity contribution in [1.29, 1.82) is 0 Å². The van der Waals surface area contributed by atoms with E-state index in [-0.39, 0.29) is 35.5 Å². The molecular formula is C30H40O5. The van der Waals surface area contributed by atoms with Crippen molar-refractivity contribution in [2.45, 2.75) is 77.9 Å². The Balaban J connectivity index is 0.000000167. The minimum absolute atomic E-state index is 0.0244. The van der Waals surface area contributed by atoms with Crippen molar-refractivity contribution in [2.24, 2.45) is 11.3 Å². The van der Waals surface area contributed by atoms with Crippen LogP contribution in [0.5, 0.6) is 0 Å². The number of rotatable bonds is 5. The smallest absolute Gasteiger partial charge is 0.312 e. The van der Waals surface area contributed by atoms with Crippen molar-refractivity contribution >= 4 is 11.9 Å². The van der Waals surface area contributed by atoms with Gasteiger partial charge in [-0.05, 0) is 37.3 Å². The zero-order chi connectivity index (χ0) is 25.1. The number of cyclic esters (lactones) is 2. The highest BCUT2D eigenvalue weighted by atomic mass is 16.6. The van der Waals surface area contributed by atoms with Gasteiger partial charge in [-0.25, -0.2) is 0 Å². The van der Waals surface area contributed by atoms with E-state index in [4.69, 9.17) is 14.2 Å². The lowest BCUT2D eigenvalue weighted by molar-refractivity contribution is -0.148. The van der Waals surface area contributed by atoms with Gasteiger partial charge < -0.3 is 14.2 Å². The lowest BCUT2D eigenvalue weighted by atomic mass is 9.81. The van der Waals surface area contributed by atoms with Crippen LogP contribution in [0.15, 0.2) is 60.7 Å². The molecule has 0 bridgehead atoms. The summed E-state index contributed by atoms with van der Waals surface area (Å²) in [6, 6.07) is 19.9. The molecule has 5 heteroatoms. The number of esters is 2. The molecule has 5 rings (SSSR count). The summed E-state index contributed by atoms with van der Waals surface area (Å²) >= 11 is 0. The highest BCUT2D eigenvalue weighted by Gasteiger charge is 2.45. The van der Waals surface area contributed by atoms with Crippen molar-refractivity contribution in [3.05, 3.63) is 71.8 Å². The highest BCUT2D eigenvalue weighted by Crippen LogP contribution is 2.44. The van der Waals surface area contributed by atoms with Gasteiger partial charge in [0.2, 0.25) is 0 Å². The largest absolute Gasteiger partial charge is 0.457 e. The second kappa shape index (κ2) is 13.4. The first-order valence-corrected chi connectivity index (χ1v) is 13.0. The standard InChI is InChI=1S/C15H20O2.C11H12O2.C4H8O/c1-3-4-10-15(2)11-13(17-14(15)16)12-8-6-5-7-9-12;1-8-7-10(13-11(8)12)9-5-3-2-4-6-9;1-2-4-5-3-1/h5-9,13H,3-4,10-11H2,1-2H3;2-6,8,10H,7H2,1H3;1-4H2/t13-,15+;8-,10+;/m10./s1. The quantitative estimate of drug-likeness (QED) is 0.432. The van der Waals surface area contributed by atoms with Gasteiger partial charge in [0, 0.05) is 26.1 Å². The Bertz CT molecular complexity index is 901. The van der Waals surface area contributed by atoms with Gasteiger partial charge >= 0.3 is 11.9 Å².